The van der Waals surface area contributed by atoms with Crippen LogP contribution in [-0.2, 0) is 0 Å². The Balaban J connectivity index is 2.15. The van der Waals surface area contributed by atoms with Crippen LogP contribution in [0.15, 0.2) is 39.2 Å². The van der Waals surface area contributed by atoms with E-state index in [4.69, 9.17) is 10.5 Å². The molecule has 3 rings (SSSR count). The predicted molar refractivity (Wildman–Crippen MR) is 89.8 cm³/mol. The zero-order valence-corrected chi connectivity index (χ0v) is 14.7. The minimum absolute atomic E-state index is 0.110. The van der Waals surface area contributed by atoms with Crippen LogP contribution in [0.3, 0.4) is 0 Å². The van der Waals surface area contributed by atoms with E-state index in [1.165, 1.54) is 47.0 Å². The van der Waals surface area contributed by atoms with Gasteiger partial charge in [-0.2, -0.15) is 10.5 Å². The fourth-order valence-electron chi connectivity index (χ4n) is 1.83. The summed E-state index contributed by atoms with van der Waals surface area (Å²) in [5.74, 6) is 0.221. The van der Waals surface area contributed by atoms with Crippen molar-refractivity contribution in [3.63, 3.8) is 0 Å². The van der Waals surface area contributed by atoms with E-state index in [9.17, 15) is 10.2 Å². The van der Waals surface area contributed by atoms with Crippen molar-refractivity contribution in [1.82, 2.24) is 0 Å². The summed E-state index contributed by atoms with van der Waals surface area (Å²) in [6.45, 7) is 3.42. The lowest BCUT2D eigenvalue weighted by Gasteiger charge is -2.08. The van der Waals surface area contributed by atoms with Crippen molar-refractivity contribution in [3.05, 3.63) is 19.6 Å². The number of nitriles is 2. The number of nitrogens with zero attached hydrogens (tertiary/aromatic N) is 2. The first kappa shape index (κ1) is 15.6. The number of fused-ring (bicyclic) bond motifs is 2. The smallest absolute Gasteiger partial charge is 0.146 e. The molecule has 0 bridgehead atoms. The number of phenols is 2. The van der Waals surface area contributed by atoms with E-state index in [0.717, 1.165) is 8.47 Å². The normalized spacial score (nSPS) is 15.1. The number of aromatic hydroxyl groups is 2. The summed E-state index contributed by atoms with van der Waals surface area (Å²) in [5.41, 5.74) is 1.12. The average molecular weight is 364 g/mol. The lowest BCUT2D eigenvalue weighted by atomic mass is 10.3. The Labute approximate surface area is 144 Å². The predicted octanol–water partition coefficient (Wildman–Crippen LogP) is 5.00. The lowest BCUT2D eigenvalue weighted by molar-refractivity contribution is 0.411. The average Bonchev–Trinajstić information content (AvgIpc) is 3.16. The molecule has 8 heteroatoms. The molecule has 0 radical (unpaired) electrons. The van der Waals surface area contributed by atoms with Crippen molar-refractivity contribution in [3.8, 4) is 23.6 Å². The number of benzene rings is 1. The summed E-state index contributed by atoms with van der Waals surface area (Å²) in [6.07, 6.45) is 0. The number of thioether (sulfide) groups is 4. The molecule has 0 unspecified atom stereocenters. The van der Waals surface area contributed by atoms with Crippen molar-refractivity contribution in [1.29, 1.82) is 10.5 Å². The van der Waals surface area contributed by atoms with E-state index in [1.807, 2.05) is 0 Å². The standard InChI is InChI=1S/C14H8N2O2S4/c1-5(3-15)13-19-9-7(17)11-12(8(18)10(9)20-13)22-14(21-11)6(2)4-16/h17-18H,1-2H3. The van der Waals surface area contributed by atoms with Crippen molar-refractivity contribution in [2.24, 2.45) is 0 Å². The highest BCUT2D eigenvalue weighted by Gasteiger charge is 2.35. The van der Waals surface area contributed by atoms with E-state index < -0.39 is 0 Å². The maximum Gasteiger partial charge on any atom is 0.146 e. The van der Waals surface area contributed by atoms with Gasteiger partial charge in [0.05, 0.1) is 40.2 Å². The number of allylic oxidation sites excluding steroid dienone is 2. The highest BCUT2D eigenvalue weighted by atomic mass is 32.2. The fourth-order valence-corrected chi connectivity index (χ4v) is 6.88. The van der Waals surface area contributed by atoms with E-state index in [2.05, 4.69) is 12.1 Å². The summed E-state index contributed by atoms with van der Waals surface area (Å²) < 4.78 is 1.54. The number of hydrogen-bond donors (Lipinski definition) is 2. The van der Waals surface area contributed by atoms with Gasteiger partial charge in [0.25, 0.3) is 0 Å². The summed E-state index contributed by atoms with van der Waals surface area (Å²) in [4.78, 5) is 2.31. The van der Waals surface area contributed by atoms with Crippen LogP contribution in [0.5, 0.6) is 11.5 Å². The Morgan fingerprint density at radius 2 is 1.00 bits per heavy atom. The molecule has 2 heterocycles. The third-order valence-electron chi connectivity index (χ3n) is 3.00. The van der Waals surface area contributed by atoms with E-state index in [1.54, 1.807) is 13.8 Å². The monoisotopic (exact) mass is 364 g/mol. The zero-order valence-electron chi connectivity index (χ0n) is 11.4. The molecular weight excluding hydrogens is 356 g/mol. The van der Waals surface area contributed by atoms with E-state index in [0.29, 0.717) is 30.7 Å². The third kappa shape index (κ3) is 2.27. The van der Waals surface area contributed by atoms with Crippen LogP contribution >= 0.6 is 47.0 Å². The molecule has 0 amide bonds. The molecule has 0 saturated carbocycles. The lowest BCUT2D eigenvalue weighted by Crippen LogP contribution is -1.81. The molecule has 2 aliphatic rings. The number of rotatable bonds is 0. The summed E-state index contributed by atoms with van der Waals surface area (Å²) in [6, 6.07) is 4.18. The molecule has 0 fully saturated rings. The second kappa shape index (κ2) is 5.71. The molecule has 0 spiro atoms. The van der Waals surface area contributed by atoms with Crippen LogP contribution in [-0.4, -0.2) is 10.2 Å². The first-order chi connectivity index (χ1) is 10.5. The van der Waals surface area contributed by atoms with Gasteiger partial charge in [-0.15, -0.1) is 0 Å². The van der Waals surface area contributed by atoms with Crippen LogP contribution in [0.1, 0.15) is 13.8 Å². The molecule has 22 heavy (non-hydrogen) atoms. The van der Waals surface area contributed by atoms with Gasteiger partial charge in [-0.1, -0.05) is 47.0 Å². The molecule has 0 aromatic heterocycles. The summed E-state index contributed by atoms with van der Waals surface area (Å²) in [7, 11) is 0. The second-order valence-electron chi connectivity index (χ2n) is 4.47. The van der Waals surface area contributed by atoms with Gasteiger partial charge in [0.1, 0.15) is 11.5 Å². The van der Waals surface area contributed by atoms with Gasteiger partial charge in [-0.25, -0.2) is 0 Å². The Hall–Kier alpha value is -1.32. The van der Waals surface area contributed by atoms with Gasteiger partial charge < -0.3 is 10.2 Å². The fraction of sp³-hybridized carbons (Fsp3) is 0.143. The van der Waals surface area contributed by atoms with E-state index in [-0.39, 0.29) is 11.5 Å². The molecule has 110 valence electrons. The van der Waals surface area contributed by atoms with Crippen LogP contribution < -0.4 is 0 Å². The molecule has 0 atom stereocenters. The number of hydrogen-bond acceptors (Lipinski definition) is 8. The Morgan fingerprint density at radius 3 is 1.23 bits per heavy atom. The first-order valence-electron chi connectivity index (χ1n) is 6.03. The topological polar surface area (TPSA) is 88.0 Å². The molecule has 0 aliphatic carbocycles. The highest BCUT2D eigenvalue weighted by Crippen LogP contribution is 2.67. The Bertz CT molecular complexity index is 747. The second-order valence-corrected chi connectivity index (χ2v) is 9.07. The molecular formula is C14H8N2O2S4. The quantitative estimate of drug-likeness (QED) is 0.491. The van der Waals surface area contributed by atoms with E-state index >= 15 is 0 Å². The van der Waals surface area contributed by atoms with Crippen LogP contribution in [0, 0.1) is 22.7 Å². The van der Waals surface area contributed by atoms with Gasteiger partial charge in [-0.05, 0) is 13.8 Å². The van der Waals surface area contributed by atoms with Crippen molar-refractivity contribution < 1.29 is 10.2 Å². The summed E-state index contributed by atoms with van der Waals surface area (Å²) in [5, 5.41) is 39.0. The van der Waals surface area contributed by atoms with Gasteiger partial charge in [-0.3, -0.25) is 0 Å². The summed E-state index contributed by atoms with van der Waals surface area (Å²) >= 11 is 5.19. The minimum atomic E-state index is 0.110. The van der Waals surface area contributed by atoms with Gasteiger partial charge >= 0.3 is 0 Å². The molecule has 0 saturated heterocycles. The van der Waals surface area contributed by atoms with Gasteiger partial charge in [0.15, 0.2) is 0 Å². The van der Waals surface area contributed by atoms with Crippen LogP contribution in [0.25, 0.3) is 0 Å². The largest absolute Gasteiger partial charge is 0.505 e. The van der Waals surface area contributed by atoms with Crippen LogP contribution in [0.4, 0.5) is 0 Å². The maximum atomic E-state index is 10.5. The SMILES string of the molecule is CC(C#N)=C1Sc2c(O)c3c(c(O)c2S1)SC(=C(C)C#N)S3. The molecule has 2 aliphatic heterocycles. The maximum absolute atomic E-state index is 10.5. The molecule has 4 nitrogen and oxygen atoms in total. The number of phenolic OH excluding ortho intramolecular Hbond substituents is 2. The highest BCUT2D eigenvalue weighted by molar-refractivity contribution is 8.25. The molecule has 2 N–H and O–H groups in total. The van der Waals surface area contributed by atoms with Crippen molar-refractivity contribution >= 4 is 47.0 Å². The van der Waals surface area contributed by atoms with Gasteiger partial charge in [0.2, 0.25) is 0 Å². The van der Waals surface area contributed by atoms with Crippen molar-refractivity contribution in [2.45, 2.75) is 33.4 Å². The Morgan fingerprint density at radius 1 is 0.727 bits per heavy atom. The molecule has 1 aromatic carbocycles. The minimum Gasteiger partial charge on any atom is -0.505 e. The first-order valence-corrected chi connectivity index (χ1v) is 9.29. The van der Waals surface area contributed by atoms with Gasteiger partial charge in [0, 0.05) is 11.1 Å². The van der Waals surface area contributed by atoms with Crippen molar-refractivity contribution in [2.75, 3.05) is 0 Å². The zero-order chi connectivity index (χ0) is 16.0. The molecule has 1 aromatic rings. The Kier molecular flexibility index (Phi) is 4.04. The third-order valence-corrected chi connectivity index (χ3v) is 8.63. The van der Waals surface area contributed by atoms with Crippen LogP contribution in [0.2, 0.25) is 0 Å².